The molecule has 2 rings (SSSR count). The Balaban J connectivity index is 2.12. The summed E-state index contributed by atoms with van der Waals surface area (Å²) in [5.74, 6) is -0.515. The van der Waals surface area contributed by atoms with Gasteiger partial charge in [-0.15, -0.1) is 11.3 Å². The number of nitrogens with one attached hydrogen (secondary N) is 1. The molecule has 0 unspecified atom stereocenters. The molecule has 1 heterocycles. The Kier molecular flexibility index (Phi) is 3.26. The number of thiazole rings is 1. The zero-order chi connectivity index (χ0) is 11.5. The van der Waals surface area contributed by atoms with E-state index < -0.39 is 5.82 Å². The summed E-state index contributed by atoms with van der Waals surface area (Å²) in [5, 5.41) is 5.03. The van der Waals surface area contributed by atoms with Crippen LogP contribution in [0.3, 0.4) is 0 Å². The van der Waals surface area contributed by atoms with Crippen molar-refractivity contribution in [1.29, 1.82) is 0 Å². The number of benzene rings is 1. The minimum atomic E-state index is -0.515. The monoisotopic (exact) mass is 257 g/mol. The van der Waals surface area contributed by atoms with Gasteiger partial charge in [0.15, 0.2) is 0 Å². The Hall–Kier alpha value is -1.33. The van der Waals surface area contributed by atoms with E-state index >= 15 is 0 Å². The molecule has 0 aliphatic heterocycles. The van der Waals surface area contributed by atoms with E-state index in [2.05, 4.69) is 10.3 Å². The first-order chi connectivity index (χ1) is 7.66. The summed E-state index contributed by atoms with van der Waals surface area (Å²) in [6.07, 6.45) is 0. The molecule has 3 N–H and O–H groups in total. The molecule has 0 atom stereocenters. The summed E-state index contributed by atoms with van der Waals surface area (Å²) in [7, 11) is 0. The summed E-state index contributed by atoms with van der Waals surface area (Å²) < 4.78 is 13.0. The van der Waals surface area contributed by atoms with Crippen LogP contribution in [0.15, 0.2) is 23.0 Å². The highest BCUT2D eigenvalue weighted by Crippen LogP contribution is 2.26. The van der Waals surface area contributed by atoms with Crippen molar-refractivity contribution >= 4 is 34.3 Å². The molecule has 0 fully saturated rings. The van der Waals surface area contributed by atoms with Gasteiger partial charge in [0.1, 0.15) is 5.82 Å². The van der Waals surface area contributed by atoms with Gasteiger partial charge in [-0.2, -0.15) is 0 Å². The lowest BCUT2D eigenvalue weighted by atomic mass is 10.2. The number of hydrogen-bond donors (Lipinski definition) is 2. The maximum atomic E-state index is 13.0. The third-order valence-electron chi connectivity index (χ3n) is 2.04. The van der Waals surface area contributed by atoms with Crippen LogP contribution >= 0.6 is 22.9 Å². The maximum absolute atomic E-state index is 13.0. The Morgan fingerprint density at radius 2 is 2.31 bits per heavy atom. The van der Waals surface area contributed by atoms with Crippen LogP contribution in [0.4, 0.5) is 15.8 Å². The number of nitrogens with zero attached hydrogens (tertiary/aromatic N) is 1. The Bertz CT molecular complexity index is 487. The number of hydrogen-bond acceptors (Lipinski definition) is 4. The largest absolute Gasteiger partial charge is 0.397 e. The van der Waals surface area contributed by atoms with Crippen LogP contribution in [0.2, 0.25) is 5.02 Å². The molecule has 0 spiro atoms. The fourth-order valence-electron chi connectivity index (χ4n) is 1.23. The Morgan fingerprint density at radius 1 is 1.50 bits per heavy atom. The number of anilines is 2. The minimum Gasteiger partial charge on any atom is -0.397 e. The average molecular weight is 258 g/mol. The van der Waals surface area contributed by atoms with Gasteiger partial charge in [0.2, 0.25) is 0 Å². The lowest BCUT2D eigenvalue weighted by molar-refractivity contribution is 0.629. The predicted molar refractivity (Wildman–Crippen MR) is 65.3 cm³/mol. The van der Waals surface area contributed by atoms with Gasteiger partial charge in [-0.3, -0.25) is 0 Å². The molecule has 16 heavy (non-hydrogen) atoms. The van der Waals surface area contributed by atoms with Crippen LogP contribution in [-0.4, -0.2) is 4.98 Å². The normalized spacial score (nSPS) is 10.4. The molecule has 0 saturated heterocycles. The third-order valence-corrected chi connectivity index (χ3v) is 2.96. The standard InChI is InChI=1S/C10H9ClFN3S/c11-7-1-10(9(13)2-8(7)12)14-3-6-4-16-5-15-6/h1-2,4-5,14H,3,13H2. The van der Waals surface area contributed by atoms with Crippen molar-refractivity contribution in [1.82, 2.24) is 4.98 Å². The summed E-state index contributed by atoms with van der Waals surface area (Å²) >= 11 is 7.18. The van der Waals surface area contributed by atoms with E-state index in [0.29, 0.717) is 17.9 Å². The second kappa shape index (κ2) is 4.67. The van der Waals surface area contributed by atoms with Crippen LogP contribution in [0, 0.1) is 5.82 Å². The molecule has 3 nitrogen and oxygen atoms in total. The SMILES string of the molecule is Nc1cc(F)c(Cl)cc1NCc1cscn1. The van der Waals surface area contributed by atoms with Crippen LogP contribution < -0.4 is 11.1 Å². The van der Waals surface area contributed by atoms with E-state index in [9.17, 15) is 4.39 Å². The second-order valence-electron chi connectivity index (χ2n) is 3.19. The highest BCUT2D eigenvalue weighted by atomic mass is 35.5. The van der Waals surface area contributed by atoms with E-state index in [-0.39, 0.29) is 5.02 Å². The van der Waals surface area contributed by atoms with Gasteiger partial charge in [0, 0.05) is 11.4 Å². The highest BCUT2D eigenvalue weighted by molar-refractivity contribution is 7.07. The molecule has 84 valence electrons. The van der Waals surface area contributed by atoms with Crippen molar-refractivity contribution < 1.29 is 4.39 Å². The predicted octanol–water partition coefficient (Wildman–Crippen LogP) is 3.13. The highest BCUT2D eigenvalue weighted by Gasteiger charge is 2.06. The quantitative estimate of drug-likeness (QED) is 0.831. The molecule has 0 saturated carbocycles. The van der Waals surface area contributed by atoms with Crippen molar-refractivity contribution in [2.24, 2.45) is 0 Å². The van der Waals surface area contributed by atoms with E-state index in [1.807, 2.05) is 5.38 Å². The maximum Gasteiger partial charge on any atom is 0.143 e. The summed E-state index contributed by atoms with van der Waals surface area (Å²) in [6.45, 7) is 0.537. The Labute approximate surface area is 101 Å². The van der Waals surface area contributed by atoms with Crippen LogP contribution in [0.1, 0.15) is 5.69 Å². The molecule has 0 aliphatic carbocycles. The second-order valence-corrected chi connectivity index (χ2v) is 4.31. The first kappa shape index (κ1) is 11.2. The molecule has 2 aromatic rings. The number of nitrogen functional groups attached to an aromatic ring is 1. The van der Waals surface area contributed by atoms with Crippen molar-refractivity contribution in [2.45, 2.75) is 6.54 Å². The zero-order valence-corrected chi connectivity index (χ0v) is 9.78. The molecule has 1 aromatic carbocycles. The molecular formula is C10H9ClFN3S. The molecule has 0 bridgehead atoms. The number of aromatic nitrogens is 1. The molecule has 0 aliphatic rings. The summed E-state index contributed by atoms with van der Waals surface area (Å²) in [6, 6.07) is 2.67. The van der Waals surface area contributed by atoms with Crippen molar-refractivity contribution in [3.63, 3.8) is 0 Å². The fourth-order valence-corrected chi connectivity index (χ4v) is 1.95. The zero-order valence-electron chi connectivity index (χ0n) is 8.21. The fraction of sp³-hybridized carbons (Fsp3) is 0.100. The van der Waals surface area contributed by atoms with Crippen molar-refractivity contribution in [2.75, 3.05) is 11.1 Å². The summed E-state index contributed by atoms with van der Waals surface area (Å²) in [5.41, 5.74) is 9.25. The molecule has 0 amide bonds. The number of nitrogens with two attached hydrogens (primary N) is 1. The van der Waals surface area contributed by atoms with E-state index in [0.717, 1.165) is 5.69 Å². The number of rotatable bonds is 3. The van der Waals surface area contributed by atoms with E-state index in [1.165, 1.54) is 23.5 Å². The van der Waals surface area contributed by atoms with E-state index in [1.54, 1.807) is 5.51 Å². The Morgan fingerprint density at radius 3 is 3.00 bits per heavy atom. The van der Waals surface area contributed by atoms with Gasteiger partial charge in [0.25, 0.3) is 0 Å². The lowest BCUT2D eigenvalue weighted by Gasteiger charge is -2.08. The molecule has 6 heteroatoms. The van der Waals surface area contributed by atoms with Gasteiger partial charge in [-0.1, -0.05) is 11.6 Å². The van der Waals surface area contributed by atoms with Gasteiger partial charge < -0.3 is 11.1 Å². The summed E-state index contributed by atoms with van der Waals surface area (Å²) in [4.78, 5) is 4.11. The minimum absolute atomic E-state index is 0.0509. The van der Waals surface area contributed by atoms with Gasteiger partial charge >= 0.3 is 0 Å². The first-order valence-corrected chi connectivity index (χ1v) is 5.84. The van der Waals surface area contributed by atoms with Crippen LogP contribution in [-0.2, 0) is 6.54 Å². The lowest BCUT2D eigenvalue weighted by Crippen LogP contribution is -2.03. The molecule has 1 aromatic heterocycles. The van der Waals surface area contributed by atoms with Gasteiger partial charge in [-0.25, -0.2) is 9.37 Å². The topological polar surface area (TPSA) is 50.9 Å². The smallest absolute Gasteiger partial charge is 0.143 e. The molecule has 0 radical (unpaired) electrons. The molecular weight excluding hydrogens is 249 g/mol. The van der Waals surface area contributed by atoms with Crippen LogP contribution in [0.5, 0.6) is 0 Å². The average Bonchev–Trinajstić information content (AvgIpc) is 2.74. The number of halogens is 2. The van der Waals surface area contributed by atoms with Gasteiger partial charge in [0.05, 0.1) is 34.1 Å². The third kappa shape index (κ3) is 2.43. The van der Waals surface area contributed by atoms with Crippen LogP contribution in [0.25, 0.3) is 0 Å². The van der Waals surface area contributed by atoms with Gasteiger partial charge in [-0.05, 0) is 6.07 Å². The van der Waals surface area contributed by atoms with Crippen molar-refractivity contribution in [3.8, 4) is 0 Å². The first-order valence-electron chi connectivity index (χ1n) is 4.52. The van der Waals surface area contributed by atoms with E-state index in [4.69, 9.17) is 17.3 Å². The van der Waals surface area contributed by atoms with Crippen molar-refractivity contribution in [3.05, 3.63) is 39.6 Å².